The van der Waals surface area contributed by atoms with Gasteiger partial charge >= 0.3 is 0 Å². The van der Waals surface area contributed by atoms with E-state index in [1.54, 1.807) is 0 Å². The van der Waals surface area contributed by atoms with Crippen LogP contribution in [0.5, 0.6) is 0 Å². The molecule has 0 bridgehead atoms. The third-order valence-electron chi connectivity index (χ3n) is 1.65. The molecular weight excluding hydrogens is 290 g/mol. The van der Waals surface area contributed by atoms with E-state index < -0.39 is 0 Å². The van der Waals surface area contributed by atoms with E-state index >= 15 is 0 Å². The maximum Gasteiger partial charge on any atom is 0.121 e. The van der Waals surface area contributed by atoms with Gasteiger partial charge in [0.1, 0.15) is 4.11 Å². The van der Waals surface area contributed by atoms with Crippen LogP contribution in [-0.4, -0.2) is 41.3 Å². The van der Waals surface area contributed by atoms with E-state index in [1.165, 1.54) is 0 Å². The van der Waals surface area contributed by atoms with E-state index in [0.717, 1.165) is 26.2 Å². The van der Waals surface area contributed by atoms with Gasteiger partial charge in [-0.25, -0.2) is 0 Å². The first-order chi connectivity index (χ1) is 5.18. The van der Waals surface area contributed by atoms with Crippen molar-refractivity contribution < 1.29 is 4.74 Å². The van der Waals surface area contributed by atoms with Gasteiger partial charge in [-0.2, -0.15) is 0 Å². The van der Waals surface area contributed by atoms with E-state index in [0.29, 0.717) is 4.11 Å². The van der Waals surface area contributed by atoms with E-state index in [9.17, 15) is 0 Å². The van der Waals surface area contributed by atoms with Gasteiger partial charge in [0.05, 0.1) is 6.61 Å². The summed E-state index contributed by atoms with van der Waals surface area (Å²) in [5.74, 6) is 0. The third-order valence-corrected chi connectivity index (χ3v) is 2.41. The highest BCUT2D eigenvalue weighted by atomic mass is 127. The van der Waals surface area contributed by atoms with Crippen molar-refractivity contribution in [3.8, 4) is 0 Å². The summed E-state index contributed by atoms with van der Waals surface area (Å²) in [4.78, 5) is 2.35. The van der Waals surface area contributed by atoms with Gasteiger partial charge in [-0.15, -0.1) is 12.4 Å². The van der Waals surface area contributed by atoms with Gasteiger partial charge in [-0.05, 0) is 29.5 Å². The van der Waals surface area contributed by atoms with E-state index in [4.69, 9.17) is 10.5 Å². The number of nitrogens with zero attached hydrogens (tertiary/aromatic N) is 1. The minimum Gasteiger partial charge on any atom is -0.365 e. The molecule has 1 aliphatic heterocycles. The standard InChI is InChI=1S/C7H15IN2O.ClH/c1-6(9)4-10-2-3-11-7(8)5-10;/h6-7H,2-5,9H2,1H3;1H. The predicted molar refractivity (Wildman–Crippen MR) is 61.1 cm³/mol. The van der Waals surface area contributed by atoms with Crippen LogP contribution in [0.3, 0.4) is 0 Å². The van der Waals surface area contributed by atoms with Crippen LogP contribution in [0.25, 0.3) is 0 Å². The lowest BCUT2D eigenvalue weighted by atomic mass is 10.3. The first-order valence-electron chi connectivity index (χ1n) is 3.92. The van der Waals surface area contributed by atoms with Crippen LogP contribution in [0.1, 0.15) is 6.92 Å². The second kappa shape index (κ2) is 6.37. The predicted octanol–water partition coefficient (Wildman–Crippen LogP) is 0.849. The molecule has 0 aliphatic carbocycles. The van der Waals surface area contributed by atoms with E-state index in [1.807, 2.05) is 6.92 Å². The van der Waals surface area contributed by atoms with Crippen molar-refractivity contribution in [1.29, 1.82) is 0 Å². The lowest BCUT2D eigenvalue weighted by Gasteiger charge is -2.31. The molecule has 0 aromatic carbocycles. The highest BCUT2D eigenvalue weighted by molar-refractivity contribution is 14.1. The van der Waals surface area contributed by atoms with Gasteiger partial charge in [0.15, 0.2) is 0 Å². The Kier molecular flexibility index (Phi) is 6.85. The highest BCUT2D eigenvalue weighted by Gasteiger charge is 2.17. The van der Waals surface area contributed by atoms with Crippen molar-refractivity contribution in [2.75, 3.05) is 26.2 Å². The van der Waals surface area contributed by atoms with Gasteiger partial charge in [0, 0.05) is 25.7 Å². The normalized spacial score (nSPS) is 27.8. The van der Waals surface area contributed by atoms with Crippen molar-refractivity contribution in [2.24, 2.45) is 5.73 Å². The van der Waals surface area contributed by atoms with Gasteiger partial charge in [0.25, 0.3) is 0 Å². The summed E-state index contributed by atoms with van der Waals surface area (Å²) in [7, 11) is 0. The van der Waals surface area contributed by atoms with Crippen LogP contribution in [0, 0.1) is 0 Å². The van der Waals surface area contributed by atoms with Gasteiger partial charge in [0.2, 0.25) is 0 Å². The zero-order valence-electron chi connectivity index (χ0n) is 7.20. The fourth-order valence-electron chi connectivity index (χ4n) is 1.23. The number of rotatable bonds is 2. The zero-order chi connectivity index (χ0) is 8.27. The largest absolute Gasteiger partial charge is 0.365 e. The topological polar surface area (TPSA) is 38.5 Å². The molecule has 1 saturated heterocycles. The molecule has 3 nitrogen and oxygen atoms in total. The van der Waals surface area contributed by atoms with Crippen molar-refractivity contribution >= 4 is 35.0 Å². The quantitative estimate of drug-likeness (QED) is 0.607. The minimum absolute atomic E-state index is 0. The molecule has 0 amide bonds. The van der Waals surface area contributed by atoms with Crippen LogP contribution >= 0.6 is 35.0 Å². The van der Waals surface area contributed by atoms with Crippen molar-refractivity contribution in [1.82, 2.24) is 4.90 Å². The second-order valence-electron chi connectivity index (χ2n) is 3.02. The Morgan fingerprint density at radius 1 is 1.75 bits per heavy atom. The fraction of sp³-hybridized carbons (Fsp3) is 1.00. The smallest absolute Gasteiger partial charge is 0.121 e. The molecule has 2 atom stereocenters. The average Bonchev–Trinajstić information content (AvgIpc) is 1.85. The van der Waals surface area contributed by atoms with Crippen molar-refractivity contribution in [3.05, 3.63) is 0 Å². The summed E-state index contributed by atoms with van der Waals surface area (Å²) in [6.45, 7) is 5.92. The van der Waals surface area contributed by atoms with Crippen LogP contribution in [0.2, 0.25) is 0 Å². The molecule has 1 aliphatic rings. The summed E-state index contributed by atoms with van der Waals surface area (Å²) in [6.07, 6.45) is 0. The summed E-state index contributed by atoms with van der Waals surface area (Å²) in [6, 6.07) is 0.275. The molecule has 74 valence electrons. The Balaban J connectivity index is 0.00000121. The summed E-state index contributed by atoms with van der Waals surface area (Å²) < 4.78 is 5.74. The lowest BCUT2D eigenvalue weighted by Crippen LogP contribution is -2.44. The van der Waals surface area contributed by atoms with Crippen LogP contribution in [-0.2, 0) is 4.74 Å². The van der Waals surface area contributed by atoms with Gasteiger partial charge in [-0.1, -0.05) is 0 Å². The minimum atomic E-state index is 0. The summed E-state index contributed by atoms with van der Waals surface area (Å²) in [5.41, 5.74) is 5.68. The molecule has 12 heavy (non-hydrogen) atoms. The lowest BCUT2D eigenvalue weighted by molar-refractivity contribution is 0.0251. The number of alkyl halides is 1. The maximum atomic E-state index is 5.68. The Hall–Kier alpha value is 0.900. The van der Waals surface area contributed by atoms with Gasteiger partial charge in [-0.3, -0.25) is 4.90 Å². The number of hydrogen-bond donors (Lipinski definition) is 1. The average molecular weight is 307 g/mol. The van der Waals surface area contributed by atoms with E-state index in [2.05, 4.69) is 27.5 Å². The van der Waals surface area contributed by atoms with Crippen molar-refractivity contribution in [3.63, 3.8) is 0 Å². The number of morpholine rings is 1. The first-order valence-corrected chi connectivity index (χ1v) is 5.16. The molecule has 0 spiro atoms. The molecule has 2 unspecified atom stereocenters. The molecular formula is C7H16ClIN2O. The fourth-order valence-corrected chi connectivity index (χ4v) is 2.04. The van der Waals surface area contributed by atoms with Gasteiger partial charge < -0.3 is 10.5 Å². The molecule has 1 heterocycles. The molecule has 0 radical (unpaired) electrons. The molecule has 0 aromatic heterocycles. The van der Waals surface area contributed by atoms with Crippen LogP contribution in [0.15, 0.2) is 0 Å². The molecule has 1 rings (SSSR count). The van der Waals surface area contributed by atoms with Crippen LogP contribution < -0.4 is 5.73 Å². The first kappa shape index (κ1) is 12.9. The number of nitrogens with two attached hydrogens (primary N) is 1. The Morgan fingerprint density at radius 3 is 2.92 bits per heavy atom. The second-order valence-corrected chi connectivity index (χ2v) is 4.41. The zero-order valence-corrected chi connectivity index (χ0v) is 10.2. The SMILES string of the molecule is CC(N)CN1CCOC(I)C1.Cl. The summed E-state index contributed by atoms with van der Waals surface area (Å²) >= 11 is 2.31. The number of hydrogen-bond acceptors (Lipinski definition) is 3. The Labute approximate surface area is 93.6 Å². The summed E-state index contributed by atoms with van der Waals surface area (Å²) in [5, 5.41) is 0. The molecule has 0 aromatic rings. The third kappa shape index (κ3) is 4.81. The Bertz CT molecular complexity index is 124. The highest BCUT2D eigenvalue weighted by Crippen LogP contribution is 2.10. The molecule has 1 fully saturated rings. The molecule has 5 heteroatoms. The molecule has 0 saturated carbocycles. The monoisotopic (exact) mass is 306 g/mol. The van der Waals surface area contributed by atoms with E-state index in [-0.39, 0.29) is 18.4 Å². The maximum absolute atomic E-state index is 5.68. The molecule has 2 N–H and O–H groups in total. The van der Waals surface area contributed by atoms with Crippen LogP contribution in [0.4, 0.5) is 0 Å². The Morgan fingerprint density at radius 2 is 2.42 bits per heavy atom. The van der Waals surface area contributed by atoms with Crippen molar-refractivity contribution in [2.45, 2.75) is 17.1 Å². The number of halogens is 2. The number of ether oxygens (including phenoxy) is 1.